The lowest BCUT2D eigenvalue weighted by Crippen LogP contribution is -2.44. The summed E-state index contributed by atoms with van der Waals surface area (Å²) in [4.78, 5) is 14.9. The number of hydrogen-bond donors (Lipinski definition) is 0. The van der Waals surface area contributed by atoms with Crippen LogP contribution in [0.3, 0.4) is 0 Å². The topological polar surface area (TPSA) is 38.8 Å². The van der Waals surface area contributed by atoms with E-state index in [1.807, 2.05) is 54.3 Å². The van der Waals surface area contributed by atoms with Gasteiger partial charge in [0, 0.05) is 11.7 Å². The average Bonchev–Trinajstić information content (AvgIpc) is 2.95. The Balaban J connectivity index is 1.79. The van der Waals surface area contributed by atoms with Gasteiger partial charge in [-0.25, -0.2) is 0 Å². The number of hydrogen-bond acceptors (Lipinski definition) is 3. The molecule has 0 saturated carbocycles. The maximum absolute atomic E-state index is 13.1. The van der Waals surface area contributed by atoms with Gasteiger partial charge in [-0.15, -0.1) is 0 Å². The number of carbonyl (C=O) groups excluding carboxylic acids is 1. The summed E-state index contributed by atoms with van der Waals surface area (Å²) in [5.41, 5.74) is 2.23. The Labute approximate surface area is 143 Å². The van der Waals surface area contributed by atoms with Crippen LogP contribution >= 0.6 is 0 Å². The standard InChI is InChI=1S/C20H23NO3/c1-4-19(24-17-11-9-16(23-3)10-12-17)20(22)21-14(2)13-15-7-5-6-8-18(15)21/h5-12,14,19H,4,13H2,1-3H3/t14-,19-/m0/s1. The van der Waals surface area contributed by atoms with Crippen LogP contribution in [0.1, 0.15) is 25.8 Å². The highest BCUT2D eigenvalue weighted by atomic mass is 16.5. The van der Waals surface area contributed by atoms with E-state index in [-0.39, 0.29) is 11.9 Å². The van der Waals surface area contributed by atoms with E-state index in [4.69, 9.17) is 9.47 Å². The third kappa shape index (κ3) is 3.09. The van der Waals surface area contributed by atoms with Crippen molar-refractivity contribution in [1.82, 2.24) is 0 Å². The van der Waals surface area contributed by atoms with Gasteiger partial charge in [-0.2, -0.15) is 0 Å². The Bertz CT molecular complexity index is 711. The molecule has 0 aliphatic carbocycles. The van der Waals surface area contributed by atoms with Crippen LogP contribution in [0.4, 0.5) is 5.69 Å². The first-order chi connectivity index (χ1) is 11.6. The molecule has 0 bridgehead atoms. The van der Waals surface area contributed by atoms with Crippen LogP contribution in [0.25, 0.3) is 0 Å². The monoisotopic (exact) mass is 325 g/mol. The van der Waals surface area contributed by atoms with E-state index in [9.17, 15) is 4.79 Å². The van der Waals surface area contributed by atoms with Crippen molar-refractivity contribution in [2.45, 2.75) is 38.8 Å². The summed E-state index contributed by atoms with van der Waals surface area (Å²) in [7, 11) is 1.63. The highest BCUT2D eigenvalue weighted by Crippen LogP contribution is 2.33. The Morgan fingerprint density at radius 2 is 1.83 bits per heavy atom. The number of carbonyl (C=O) groups is 1. The number of para-hydroxylation sites is 1. The van der Waals surface area contributed by atoms with Crippen molar-refractivity contribution in [2.75, 3.05) is 12.0 Å². The van der Waals surface area contributed by atoms with E-state index in [0.717, 1.165) is 17.9 Å². The van der Waals surface area contributed by atoms with Gasteiger partial charge < -0.3 is 14.4 Å². The first kappa shape index (κ1) is 16.4. The zero-order valence-electron chi connectivity index (χ0n) is 14.4. The molecule has 24 heavy (non-hydrogen) atoms. The number of rotatable bonds is 5. The van der Waals surface area contributed by atoms with Crippen molar-refractivity contribution in [3.05, 3.63) is 54.1 Å². The molecule has 0 N–H and O–H groups in total. The fraction of sp³-hybridized carbons (Fsp3) is 0.350. The molecule has 4 nitrogen and oxygen atoms in total. The van der Waals surface area contributed by atoms with Gasteiger partial charge in [-0.3, -0.25) is 4.79 Å². The summed E-state index contributed by atoms with van der Waals surface area (Å²) >= 11 is 0. The Morgan fingerprint density at radius 1 is 1.17 bits per heavy atom. The van der Waals surface area contributed by atoms with E-state index < -0.39 is 6.10 Å². The molecule has 2 aromatic rings. The van der Waals surface area contributed by atoms with Gasteiger partial charge in [0.15, 0.2) is 6.10 Å². The molecule has 0 aromatic heterocycles. The summed E-state index contributed by atoms with van der Waals surface area (Å²) < 4.78 is 11.1. The van der Waals surface area contributed by atoms with Crippen molar-refractivity contribution in [1.29, 1.82) is 0 Å². The van der Waals surface area contributed by atoms with Crippen LogP contribution in [0.15, 0.2) is 48.5 Å². The predicted octanol–water partition coefficient (Wildman–Crippen LogP) is 3.83. The molecule has 0 fully saturated rings. The third-order valence-electron chi connectivity index (χ3n) is 4.43. The summed E-state index contributed by atoms with van der Waals surface area (Å²) in [6, 6.07) is 15.6. The molecule has 0 saturated heterocycles. The SMILES string of the molecule is CC[C@H](Oc1ccc(OC)cc1)C(=O)N1c2ccccc2C[C@@H]1C. The van der Waals surface area contributed by atoms with E-state index >= 15 is 0 Å². The lowest BCUT2D eigenvalue weighted by atomic mass is 10.1. The highest BCUT2D eigenvalue weighted by Gasteiger charge is 2.34. The fourth-order valence-electron chi connectivity index (χ4n) is 3.18. The maximum Gasteiger partial charge on any atom is 0.268 e. The minimum atomic E-state index is -0.494. The summed E-state index contributed by atoms with van der Waals surface area (Å²) in [6.45, 7) is 4.05. The zero-order valence-corrected chi connectivity index (χ0v) is 14.4. The molecule has 0 unspecified atom stereocenters. The number of amides is 1. The van der Waals surface area contributed by atoms with Gasteiger partial charge in [0.25, 0.3) is 5.91 Å². The number of benzene rings is 2. The van der Waals surface area contributed by atoms with Crippen LogP contribution in [0, 0.1) is 0 Å². The third-order valence-corrected chi connectivity index (χ3v) is 4.43. The van der Waals surface area contributed by atoms with Crippen molar-refractivity contribution in [2.24, 2.45) is 0 Å². The summed E-state index contributed by atoms with van der Waals surface area (Å²) in [5, 5.41) is 0. The number of ether oxygens (including phenoxy) is 2. The molecule has 1 heterocycles. The number of fused-ring (bicyclic) bond motifs is 1. The van der Waals surface area contributed by atoms with Crippen molar-refractivity contribution in [3.8, 4) is 11.5 Å². The molecule has 2 aromatic carbocycles. The molecule has 1 amide bonds. The molecule has 1 aliphatic rings. The Morgan fingerprint density at radius 3 is 2.50 bits per heavy atom. The van der Waals surface area contributed by atoms with Crippen LogP contribution in [-0.4, -0.2) is 25.2 Å². The zero-order chi connectivity index (χ0) is 17.1. The van der Waals surface area contributed by atoms with Crippen molar-refractivity contribution >= 4 is 11.6 Å². The minimum Gasteiger partial charge on any atom is -0.497 e. The van der Waals surface area contributed by atoms with E-state index in [0.29, 0.717) is 12.2 Å². The largest absolute Gasteiger partial charge is 0.497 e. The van der Waals surface area contributed by atoms with Gasteiger partial charge in [0.2, 0.25) is 0 Å². The normalized spacial score (nSPS) is 17.3. The van der Waals surface area contributed by atoms with Gasteiger partial charge in [0.1, 0.15) is 11.5 Å². The second-order valence-electron chi connectivity index (χ2n) is 6.08. The smallest absolute Gasteiger partial charge is 0.268 e. The Kier molecular flexibility index (Phi) is 4.74. The van der Waals surface area contributed by atoms with E-state index in [1.54, 1.807) is 7.11 Å². The lowest BCUT2D eigenvalue weighted by molar-refractivity contribution is -0.125. The number of nitrogens with zero attached hydrogens (tertiary/aromatic N) is 1. The first-order valence-electron chi connectivity index (χ1n) is 8.35. The van der Waals surface area contributed by atoms with Crippen LogP contribution in [0.5, 0.6) is 11.5 Å². The van der Waals surface area contributed by atoms with Crippen LogP contribution < -0.4 is 14.4 Å². The second kappa shape index (κ2) is 6.95. The highest BCUT2D eigenvalue weighted by molar-refractivity contribution is 5.99. The molecule has 126 valence electrons. The average molecular weight is 325 g/mol. The van der Waals surface area contributed by atoms with Crippen molar-refractivity contribution in [3.63, 3.8) is 0 Å². The molecular weight excluding hydrogens is 302 g/mol. The summed E-state index contributed by atoms with van der Waals surface area (Å²) in [6.07, 6.45) is 1.02. The van der Waals surface area contributed by atoms with Crippen molar-refractivity contribution < 1.29 is 14.3 Å². The molecular formula is C20H23NO3. The molecule has 0 spiro atoms. The first-order valence-corrected chi connectivity index (χ1v) is 8.35. The van der Waals surface area contributed by atoms with Gasteiger partial charge in [-0.05, 0) is 55.7 Å². The van der Waals surface area contributed by atoms with Crippen LogP contribution in [0.2, 0.25) is 0 Å². The molecule has 1 aliphatic heterocycles. The fourth-order valence-corrected chi connectivity index (χ4v) is 3.18. The quantitative estimate of drug-likeness (QED) is 0.838. The molecule has 0 radical (unpaired) electrons. The van der Waals surface area contributed by atoms with Gasteiger partial charge in [-0.1, -0.05) is 25.1 Å². The van der Waals surface area contributed by atoms with Crippen LogP contribution in [-0.2, 0) is 11.2 Å². The van der Waals surface area contributed by atoms with Gasteiger partial charge >= 0.3 is 0 Å². The lowest BCUT2D eigenvalue weighted by Gasteiger charge is -2.27. The second-order valence-corrected chi connectivity index (χ2v) is 6.08. The molecule has 3 rings (SSSR count). The van der Waals surface area contributed by atoms with Gasteiger partial charge in [0.05, 0.1) is 7.11 Å². The van der Waals surface area contributed by atoms with E-state index in [1.165, 1.54) is 5.56 Å². The summed E-state index contributed by atoms with van der Waals surface area (Å²) in [5.74, 6) is 1.46. The minimum absolute atomic E-state index is 0.0192. The molecule has 2 atom stereocenters. The number of methoxy groups -OCH3 is 1. The van der Waals surface area contributed by atoms with E-state index in [2.05, 4.69) is 13.0 Å². The maximum atomic E-state index is 13.1. The predicted molar refractivity (Wildman–Crippen MR) is 94.8 cm³/mol. The molecule has 4 heteroatoms. The Hall–Kier alpha value is -2.49. The number of anilines is 1.